The monoisotopic (exact) mass is 366 g/mol. The lowest BCUT2D eigenvalue weighted by Gasteiger charge is -2.10. The van der Waals surface area contributed by atoms with E-state index < -0.39 is 0 Å². The Kier molecular flexibility index (Phi) is 5.53. The SMILES string of the molecule is Cc1cc(C)cc(OCCn2cc(/C=N\NC(N)=S)c3ccccc32)c1. The van der Waals surface area contributed by atoms with Crippen LogP contribution in [0.15, 0.2) is 53.8 Å². The van der Waals surface area contributed by atoms with Gasteiger partial charge in [-0.3, -0.25) is 5.43 Å². The molecule has 0 fully saturated rings. The van der Waals surface area contributed by atoms with Crippen LogP contribution in [0.4, 0.5) is 0 Å². The summed E-state index contributed by atoms with van der Waals surface area (Å²) in [6.45, 7) is 5.48. The van der Waals surface area contributed by atoms with E-state index in [2.05, 4.69) is 65.5 Å². The minimum atomic E-state index is 0.145. The Bertz CT molecular complexity index is 941. The van der Waals surface area contributed by atoms with Crippen LogP contribution in [0.1, 0.15) is 16.7 Å². The van der Waals surface area contributed by atoms with Gasteiger partial charge < -0.3 is 15.0 Å². The first-order chi connectivity index (χ1) is 12.5. The third-order valence-corrected chi connectivity index (χ3v) is 4.09. The van der Waals surface area contributed by atoms with Gasteiger partial charge in [0.1, 0.15) is 12.4 Å². The fourth-order valence-corrected chi connectivity index (χ4v) is 3.06. The molecule has 3 rings (SSSR count). The first-order valence-electron chi connectivity index (χ1n) is 8.40. The molecule has 0 aliphatic rings. The molecule has 3 aromatic rings. The predicted molar refractivity (Wildman–Crippen MR) is 111 cm³/mol. The second-order valence-corrected chi connectivity index (χ2v) is 6.64. The molecule has 0 amide bonds. The second-order valence-electron chi connectivity index (χ2n) is 6.20. The predicted octanol–water partition coefficient (Wildman–Crippen LogP) is 3.50. The second kappa shape index (κ2) is 8.01. The minimum Gasteiger partial charge on any atom is -0.492 e. The zero-order chi connectivity index (χ0) is 18.5. The van der Waals surface area contributed by atoms with E-state index in [1.165, 1.54) is 11.1 Å². The van der Waals surface area contributed by atoms with Crippen molar-refractivity contribution in [1.82, 2.24) is 9.99 Å². The van der Waals surface area contributed by atoms with Crippen molar-refractivity contribution in [1.29, 1.82) is 0 Å². The Balaban J connectivity index is 1.75. The highest BCUT2D eigenvalue weighted by atomic mass is 32.1. The van der Waals surface area contributed by atoms with Gasteiger partial charge in [-0.1, -0.05) is 24.3 Å². The number of benzene rings is 2. The van der Waals surface area contributed by atoms with Gasteiger partial charge in [0.2, 0.25) is 0 Å². The van der Waals surface area contributed by atoms with Crippen molar-refractivity contribution < 1.29 is 4.74 Å². The van der Waals surface area contributed by atoms with Crippen LogP contribution in [0.25, 0.3) is 10.9 Å². The highest BCUT2D eigenvalue weighted by Gasteiger charge is 2.07. The van der Waals surface area contributed by atoms with E-state index in [9.17, 15) is 0 Å². The van der Waals surface area contributed by atoms with Crippen molar-refractivity contribution in [3.63, 3.8) is 0 Å². The van der Waals surface area contributed by atoms with Gasteiger partial charge in [-0.15, -0.1) is 0 Å². The number of ether oxygens (including phenoxy) is 1. The maximum atomic E-state index is 5.94. The molecule has 0 saturated heterocycles. The lowest BCUT2D eigenvalue weighted by molar-refractivity contribution is 0.300. The Morgan fingerprint density at radius 2 is 1.96 bits per heavy atom. The van der Waals surface area contributed by atoms with Crippen molar-refractivity contribution in [2.24, 2.45) is 10.8 Å². The number of para-hydroxylation sites is 1. The number of thiocarbonyl (C=S) groups is 1. The Labute approximate surface area is 158 Å². The largest absolute Gasteiger partial charge is 0.492 e. The van der Waals surface area contributed by atoms with Gasteiger partial charge in [0.25, 0.3) is 0 Å². The van der Waals surface area contributed by atoms with Crippen LogP contribution in [0.2, 0.25) is 0 Å². The topological polar surface area (TPSA) is 64.6 Å². The zero-order valence-electron chi connectivity index (χ0n) is 14.9. The maximum absolute atomic E-state index is 5.94. The molecule has 0 aliphatic carbocycles. The summed E-state index contributed by atoms with van der Waals surface area (Å²) in [5, 5.41) is 5.33. The third kappa shape index (κ3) is 4.40. The highest BCUT2D eigenvalue weighted by molar-refractivity contribution is 7.80. The Morgan fingerprint density at radius 3 is 2.69 bits per heavy atom. The van der Waals surface area contributed by atoms with Crippen molar-refractivity contribution in [3.8, 4) is 5.75 Å². The van der Waals surface area contributed by atoms with Gasteiger partial charge in [0, 0.05) is 22.7 Å². The molecule has 0 radical (unpaired) electrons. The van der Waals surface area contributed by atoms with Crippen LogP contribution in [-0.2, 0) is 6.54 Å². The van der Waals surface area contributed by atoms with E-state index in [1.807, 2.05) is 12.1 Å². The molecule has 26 heavy (non-hydrogen) atoms. The average molecular weight is 366 g/mol. The maximum Gasteiger partial charge on any atom is 0.184 e. The fourth-order valence-electron chi connectivity index (χ4n) is 3.01. The molecule has 1 heterocycles. The molecule has 0 saturated carbocycles. The number of nitrogens with zero attached hydrogens (tertiary/aromatic N) is 2. The lowest BCUT2D eigenvalue weighted by atomic mass is 10.1. The van der Waals surface area contributed by atoms with E-state index in [4.69, 9.17) is 22.7 Å². The summed E-state index contributed by atoms with van der Waals surface area (Å²) >= 11 is 4.77. The van der Waals surface area contributed by atoms with Gasteiger partial charge >= 0.3 is 0 Å². The van der Waals surface area contributed by atoms with Gasteiger partial charge in [-0.05, 0) is 55.4 Å². The molecular formula is C20H22N4OS. The molecule has 0 spiro atoms. The van der Waals surface area contributed by atoms with Crippen molar-refractivity contribution in [2.45, 2.75) is 20.4 Å². The standard InChI is InChI=1S/C20H22N4OS/c1-14-9-15(2)11-17(10-14)25-8-7-24-13-16(12-22-23-20(21)26)18-5-3-4-6-19(18)24/h3-6,9-13H,7-8H2,1-2H3,(H3,21,23,26)/b22-12-. The van der Waals surface area contributed by atoms with Crippen LogP contribution < -0.4 is 15.9 Å². The molecule has 5 nitrogen and oxygen atoms in total. The first kappa shape index (κ1) is 17.9. The number of hydrogen-bond acceptors (Lipinski definition) is 3. The zero-order valence-corrected chi connectivity index (χ0v) is 15.7. The van der Waals surface area contributed by atoms with E-state index in [1.54, 1.807) is 6.21 Å². The number of fused-ring (bicyclic) bond motifs is 1. The molecular weight excluding hydrogens is 344 g/mol. The third-order valence-electron chi connectivity index (χ3n) is 3.99. The Hall–Kier alpha value is -2.86. The van der Waals surface area contributed by atoms with Gasteiger partial charge in [0.15, 0.2) is 5.11 Å². The van der Waals surface area contributed by atoms with Gasteiger partial charge in [-0.25, -0.2) is 0 Å². The summed E-state index contributed by atoms with van der Waals surface area (Å²) in [6.07, 6.45) is 3.78. The summed E-state index contributed by atoms with van der Waals surface area (Å²) in [5.74, 6) is 0.904. The van der Waals surface area contributed by atoms with Crippen LogP contribution in [-0.4, -0.2) is 22.5 Å². The average Bonchev–Trinajstić information content (AvgIpc) is 2.92. The van der Waals surface area contributed by atoms with E-state index in [0.717, 1.165) is 28.8 Å². The lowest BCUT2D eigenvalue weighted by Crippen LogP contribution is -2.23. The van der Waals surface area contributed by atoms with Crippen molar-refractivity contribution in [2.75, 3.05) is 6.61 Å². The minimum absolute atomic E-state index is 0.145. The summed E-state index contributed by atoms with van der Waals surface area (Å²) < 4.78 is 8.11. The summed E-state index contributed by atoms with van der Waals surface area (Å²) in [4.78, 5) is 0. The van der Waals surface area contributed by atoms with Crippen LogP contribution in [0.3, 0.4) is 0 Å². The fraction of sp³-hybridized carbons (Fsp3) is 0.200. The van der Waals surface area contributed by atoms with Gasteiger partial charge in [-0.2, -0.15) is 5.10 Å². The smallest absolute Gasteiger partial charge is 0.184 e. The number of hydrogen-bond donors (Lipinski definition) is 2. The number of nitrogens with one attached hydrogen (secondary N) is 1. The van der Waals surface area contributed by atoms with E-state index >= 15 is 0 Å². The summed E-state index contributed by atoms with van der Waals surface area (Å²) in [6, 6.07) is 14.4. The molecule has 1 aromatic heterocycles. The normalized spacial score (nSPS) is 11.2. The molecule has 134 valence electrons. The summed E-state index contributed by atoms with van der Waals surface area (Å²) in [5.41, 5.74) is 12.5. The van der Waals surface area contributed by atoms with E-state index in [-0.39, 0.29) is 5.11 Å². The van der Waals surface area contributed by atoms with Crippen molar-refractivity contribution in [3.05, 3.63) is 65.4 Å². The molecule has 0 atom stereocenters. The highest BCUT2D eigenvalue weighted by Crippen LogP contribution is 2.21. The van der Waals surface area contributed by atoms with Crippen LogP contribution in [0.5, 0.6) is 5.75 Å². The van der Waals surface area contributed by atoms with Crippen LogP contribution >= 0.6 is 12.2 Å². The van der Waals surface area contributed by atoms with Crippen molar-refractivity contribution >= 4 is 34.4 Å². The molecule has 3 N–H and O–H groups in total. The number of aryl methyl sites for hydroxylation is 2. The van der Waals surface area contributed by atoms with Gasteiger partial charge in [0.05, 0.1) is 12.8 Å². The summed E-state index contributed by atoms with van der Waals surface area (Å²) in [7, 11) is 0. The van der Waals surface area contributed by atoms with Crippen LogP contribution in [0, 0.1) is 13.8 Å². The molecule has 2 aromatic carbocycles. The first-order valence-corrected chi connectivity index (χ1v) is 8.81. The molecule has 0 aliphatic heterocycles. The van der Waals surface area contributed by atoms with E-state index in [0.29, 0.717) is 6.61 Å². The quantitative estimate of drug-likeness (QED) is 0.398. The molecule has 6 heteroatoms. The Morgan fingerprint density at radius 1 is 1.23 bits per heavy atom. The number of hydrazone groups is 1. The molecule has 0 unspecified atom stereocenters. The number of aromatic nitrogens is 1. The number of nitrogens with two attached hydrogens (primary N) is 1. The number of rotatable bonds is 6. The molecule has 0 bridgehead atoms.